The molecule has 134 valence electrons. The molecule has 0 saturated carbocycles. The van der Waals surface area contributed by atoms with Gasteiger partial charge in [-0.3, -0.25) is 9.79 Å². The summed E-state index contributed by atoms with van der Waals surface area (Å²) >= 11 is 1.45. The average molecular weight is 360 g/mol. The van der Waals surface area contributed by atoms with E-state index in [1.54, 1.807) is 14.2 Å². The van der Waals surface area contributed by atoms with Gasteiger partial charge >= 0.3 is 0 Å². The summed E-state index contributed by atoms with van der Waals surface area (Å²) in [5, 5.41) is 11.3. The van der Waals surface area contributed by atoms with Crippen LogP contribution in [0.3, 0.4) is 0 Å². The van der Waals surface area contributed by atoms with Crippen LogP contribution in [0.2, 0.25) is 0 Å². The maximum atomic E-state index is 11.8. The van der Waals surface area contributed by atoms with Crippen molar-refractivity contribution in [2.24, 2.45) is 4.99 Å². The minimum absolute atomic E-state index is 0.0167. The first-order valence-electron chi connectivity index (χ1n) is 8.12. The molecule has 0 aliphatic carbocycles. The molecule has 3 N–H and O–H groups in total. The second kappa shape index (κ2) is 10.4. The standard InChI is InChI=1S/C18H24N4O2S/c1-19-18(22-13-14-6-8-15(24-2)9-7-14)21-11-4-10-20-17(23)16-5-3-12-25-16/h3,5-9,12H,4,10-11,13H2,1-2H3,(H,20,23)(H2,19,21,22). The van der Waals surface area contributed by atoms with Crippen LogP contribution in [0.5, 0.6) is 5.75 Å². The molecule has 6 nitrogen and oxygen atoms in total. The van der Waals surface area contributed by atoms with E-state index in [-0.39, 0.29) is 5.91 Å². The summed E-state index contributed by atoms with van der Waals surface area (Å²) in [5.74, 6) is 1.56. The number of methoxy groups -OCH3 is 1. The van der Waals surface area contributed by atoms with Crippen molar-refractivity contribution >= 4 is 23.2 Å². The summed E-state index contributed by atoms with van der Waals surface area (Å²) in [6.45, 7) is 2.03. The number of nitrogens with one attached hydrogen (secondary N) is 3. The van der Waals surface area contributed by atoms with Crippen molar-refractivity contribution in [3.8, 4) is 5.75 Å². The Morgan fingerprint density at radius 1 is 1.12 bits per heavy atom. The molecule has 0 bridgehead atoms. The van der Waals surface area contributed by atoms with Gasteiger partial charge in [0.05, 0.1) is 12.0 Å². The molecule has 0 atom stereocenters. The molecule has 1 aromatic heterocycles. The highest BCUT2D eigenvalue weighted by molar-refractivity contribution is 7.12. The summed E-state index contributed by atoms with van der Waals surface area (Å²) < 4.78 is 5.15. The Morgan fingerprint density at radius 3 is 2.52 bits per heavy atom. The van der Waals surface area contributed by atoms with E-state index in [9.17, 15) is 4.79 Å². The van der Waals surface area contributed by atoms with E-state index in [0.717, 1.165) is 35.1 Å². The monoisotopic (exact) mass is 360 g/mol. The van der Waals surface area contributed by atoms with Crippen molar-refractivity contribution in [2.75, 3.05) is 27.2 Å². The minimum atomic E-state index is -0.0167. The number of thiophene rings is 1. The largest absolute Gasteiger partial charge is 0.497 e. The molecule has 1 heterocycles. The fourth-order valence-electron chi connectivity index (χ4n) is 2.14. The van der Waals surface area contributed by atoms with Crippen LogP contribution in [0.25, 0.3) is 0 Å². The average Bonchev–Trinajstić information content (AvgIpc) is 3.19. The molecule has 1 aromatic carbocycles. The topological polar surface area (TPSA) is 74.8 Å². The predicted molar refractivity (Wildman–Crippen MR) is 102 cm³/mol. The highest BCUT2D eigenvalue weighted by Crippen LogP contribution is 2.10. The van der Waals surface area contributed by atoms with E-state index >= 15 is 0 Å². The number of aliphatic imine (C=N–C) groups is 1. The van der Waals surface area contributed by atoms with Gasteiger partial charge in [-0.15, -0.1) is 11.3 Å². The molecule has 7 heteroatoms. The zero-order chi connectivity index (χ0) is 17.9. The smallest absolute Gasteiger partial charge is 0.261 e. The van der Waals surface area contributed by atoms with Gasteiger partial charge < -0.3 is 20.7 Å². The van der Waals surface area contributed by atoms with Crippen molar-refractivity contribution < 1.29 is 9.53 Å². The number of hydrogen-bond acceptors (Lipinski definition) is 4. The molecular formula is C18H24N4O2S. The molecule has 0 saturated heterocycles. The van der Waals surface area contributed by atoms with Gasteiger partial charge in [-0.25, -0.2) is 0 Å². The maximum absolute atomic E-state index is 11.8. The van der Waals surface area contributed by atoms with Crippen molar-refractivity contribution in [3.63, 3.8) is 0 Å². The van der Waals surface area contributed by atoms with Crippen LogP contribution in [0.15, 0.2) is 46.8 Å². The van der Waals surface area contributed by atoms with Gasteiger partial charge in [0.1, 0.15) is 5.75 Å². The first kappa shape index (κ1) is 18.8. The predicted octanol–water partition coefficient (Wildman–Crippen LogP) is 2.24. The molecule has 0 aliphatic heterocycles. The molecule has 0 aliphatic rings. The van der Waals surface area contributed by atoms with Crippen molar-refractivity contribution in [2.45, 2.75) is 13.0 Å². The van der Waals surface area contributed by atoms with Crippen LogP contribution in [-0.4, -0.2) is 39.1 Å². The summed E-state index contributed by atoms with van der Waals surface area (Å²) in [7, 11) is 3.39. The van der Waals surface area contributed by atoms with Crippen molar-refractivity contribution in [1.82, 2.24) is 16.0 Å². The van der Waals surface area contributed by atoms with Crippen LogP contribution >= 0.6 is 11.3 Å². The molecule has 0 fully saturated rings. The molecule has 0 radical (unpaired) electrons. The van der Waals surface area contributed by atoms with Crippen molar-refractivity contribution in [3.05, 3.63) is 52.2 Å². The van der Waals surface area contributed by atoms with Gasteiger partial charge in [-0.2, -0.15) is 0 Å². The lowest BCUT2D eigenvalue weighted by Crippen LogP contribution is -2.38. The van der Waals surface area contributed by atoms with Crippen LogP contribution < -0.4 is 20.7 Å². The quantitative estimate of drug-likeness (QED) is 0.383. The minimum Gasteiger partial charge on any atom is -0.497 e. The fourth-order valence-corrected chi connectivity index (χ4v) is 2.78. The van der Waals surface area contributed by atoms with E-state index in [1.165, 1.54) is 11.3 Å². The van der Waals surface area contributed by atoms with E-state index in [4.69, 9.17) is 4.74 Å². The number of nitrogens with zero attached hydrogens (tertiary/aromatic N) is 1. The molecule has 0 spiro atoms. The number of carbonyl (C=O) groups excluding carboxylic acids is 1. The number of amides is 1. The highest BCUT2D eigenvalue weighted by atomic mass is 32.1. The van der Waals surface area contributed by atoms with E-state index in [0.29, 0.717) is 13.1 Å². The van der Waals surface area contributed by atoms with Crippen LogP contribution in [0.1, 0.15) is 21.7 Å². The van der Waals surface area contributed by atoms with Crippen LogP contribution in [-0.2, 0) is 6.54 Å². The second-order valence-electron chi connectivity index (χ2n) is 5.29. The SMILES string of the molecule is CN=C(NCCCNC(=O)c1cccs1)NCc1ccc(OC)cc1. The third-order valence-electron chi connectivity index (χ3n) is 3.52. The Labute approximate surface area is 152 Å². The summed E-state index contributed by atoms with van der Waals surface area (Å²) in [4.78, 5) is 16.7. The molecule has 0 unspecified atom stereocenters. The lowest BCUT2D eigenvalue weighted by molar-refractivity contribution is 0.0957. The Bertz CT molecular complexity index is 669. The van der Waals surface area contributed by atoms with Crippen LogP contribution in [0.4, 0.5) is 0 Å². The molecule has 1 amide bonds. The zero-order valence-electron chi connectivity index (χ0n) is 14.5. The lowest BCUT2D eigenvalue weighted by Gasteiger charge is -2.12. The van der Waals surface area contributed by atoms with Gasteiger partial charge in [0.15, 0.2) is 5.96 Å². The summed E-state index contributed by atoms with van der Waals surface area (Å²) in [5.41, 5.74) is 1.15. The number of rotatable bonds is 8. The summed E-state index contributed by atoms with van der Waals surface area (Å²) in [6, 6.07) is 11.6. The summed E-state index contributed by atoms with van der Waals surface area (Å²) in [6.07, 6.45) is 0.820. The Balaban J connectivity index is 1.62. The maximum Gasteiger partial charge on any atom is 0.261 e. The normalized spacial score (nSPS) is 11.0. The molecule has 2 aromatic rings. The van der Waals surface area contributed by atoms with Gasteiger partial charge in [-0.05, 0) is 35.6 Å². The number of benzene rings is 1. The van der Waals surface area contributed by atoms with Gasteiger partial charge in [0.2, 0.25) is 0 Å². The van der Waals surface area contributed by atoms with Gasteiger partial charge in [-0.1, -0.05) is 18.2 Å². The van der Waals surface area contributed by atoms with Gasteiger partial charge in [0.25, 0.3) is 5.91 Å². The first-order valence-corrected chi connectivity index (χ1v) is 9.00. The number of hydrogen-bond donors (Lipinski definition) is 3. The number of guanidine groups is 1. The Morgan fingerprint density at radius 2 is 1.88 bits per heavy atom. The third kappa shape index (κ3) is 6.46. The Kier molecular flexibility index (Phi) is 7.78. The second-order valence-corrected chi connectivity index (χ2v) is 6.24. The highest BCUT2D eigenvalue weighted by Gasteiger charge is 2.04. The fraction of sp³-hybridized carbons (Fsp3) is 0.333. The number of ether oxygens (including phenoxy) is 1. The van der Waals surface area contributed by atoms with E-state index < -0.39 is 0 Å². The number of carbonyl (C=O) groups is 1. The van der Waals surface area contributed by atoms with E-state index in [2.05, 4.69) is 20.9 Å². The Hall–Kier alpha value is -2.54. The van der Waals surface area contributed by atoms with Crippen molar-refractivity contribution in [1.29, 1.82) is 0 Å². The van der Waals surface area contributed by atoms with Crippen LogP contribution in [0, 0.1) is 0 Å². The van der Waals surface area contributed by atoms with Gasteiger partial charge in [0, 0.05) is 26.7 Å². The van der Waals surface area contributed by atoms with E-state index in [1.807, 2.05) is 41.8 Å². The zero-order valence-corrected chi connectivity index (χ0v) is 15.4. The molecular weight excluding hydrogens is 336 g/mol. The molecule has 25 heavy (non-hydrogen) atoms. The lowest BCUT2D eigenvalue weighted by atomic mass is 10.2. The molecule has 2 rings (SSSR count). The third-order valence-corrected chi connectivity index (χ3v) is 4.39. The first-order chi connectivity index (χ1) is 12.2.